The summed E-state index contributed by atoms with van der Waals surface area (Å²) in [5, 5.41) is 17.3. The van der Waals surface area contributed by atoms with Gasteiger partial charge in [-0.1, -0.05) is 51.1 Å². The highest BCUT2D eigenvalue weighted by atomic mass is 16.5. The Morgan fingerprint density at radius 2 is 1.51 bits per heavy atom. The van der Waals surface area contributed by atoms with Gasteiger partial charge in [0.15, 0.2) is 0 Å². The van der Waals surface area contributed by atoms with Crippen molar-refractivity contribution in [1.29, 1.82) is 0 Å². The molecule has 0 radical (unpaired) electrons. The highest BCUT2D eigenvalue weighted by molar-refractivity contribution is 6.07. The van der Waals surface area contributed by atoms with E-state index in [2.05, 4.69) is 26.3 Å². The second-order valence-electron chi connectivity index (χ2n) is 12.8. The molecule has 0 aliphatic rings. The molecule has 0 bridgehead atoms. The van der Waals surface area contributed by atoms with Gasteiger partial charge in [-0.15, -0.1) is 0 Å². The predicted octanol–water partition coefficient (Wildman–Crippen LogP) is 4.92. The molecule has 13 heteroatoms. The number of fused-ring (bicyclic) bond motifs is 1. The van der Waals surface area contributed by atoms with Crippen LogP contribution in [0.5, 0.6) is 5.75 Å². The number of nitrogens with one attached hydrogen (secondary N) is 4. The maximum atomic E-state index is 13.5. The van der Waals surface area contributed by atoms with Crippen LogP contribution >= 0.6 is 0 Å². The number of anilines is 2. The van der Waals surface area contributed by atoms with Crippen molar-refractivity contribution in [3.63, 3.8) is 0 Å². The molecule has 0 saturated heterocycles. The van der Waals surface area contributed by atoms with E-state index in [1.54, 1.807) is 35.1 Å². The maximum absolute atomic E-state index is 13.5. The Labute approximate surface area is 296 Å². The Balaban J connectivity index is 1.35. The Bertz CT molecular complexity index is 2000. The van der Waals surface area contributed by atoms with E-state index in [9.17, 15) is 19.2 Å². The molecule has 5 rings (SSSR count). The topological polar surface area (TPSA) is 160 Å². The van der Waals surface area contributed by atoms with Gasteiger partial charge in [-0.25, -0.2) is 9.48 Å². The molecular weight excluding hydrogens is 648 g/mol. The molecule has 3 aromatic carbocycles. The van der Waals surface area contributed by atoms with Crippen LogP contribution < -0.4 is 26.0 Å². The number of rotatable bonds is 12. The smallest absolute Gasteiger partial charge is 0.324 e. The van der Waals surface area contributed by atoms with E-state index in [-0.39, 0.29) is 24.1 Å². The molecule has 0 fully saturated rings. The maximum Gasteiger partial charge on any atom is 0.324 e. The Hall–Kier alpha value is -6.24. The van der Waals surface area contributed by atoms with Gasteiger partial charge in [0.2, 0.25) is 11.8 Å². The summed E-state index contributed by atoms with van der Waals surface area (Å²) in [7, 11) is 2.92. The zero-order valence-electron chi connectivity index (χ0n) is 29.3. The number of benzene rings is 3. The highest BCUT2D eigenvalue weighted by Crippen LogP contribution is 2.32. The van der Waals surface area contributed by atoms with E-state index in [0.717, 1.165) is 22.0 Å². The number of hydrogen-bond donors (Lipinski definition) is 4. The number of nitrogens with zero attached hydrogens (tertiary/aromatic N) is 4. The van der Waals surface area contributed by atoms with Gasteiger partial charge < -0.3 is 25.6 Å². The Kier molecular flexibility index (Phi) is 11.3. The number of likely N-dealkylation sites (N-methyl/N-ethyl adjacent to an activating group) is 2. The van der Waals surface area contributed by atoms with Gasteiger partial charge in [0.05, 0.1) is 23.7 Å². The first-order chi connectivity index (χ1) is 24.5. The fourth-order valence-corrected chi connectivity index (χ4v) is 5.27. The molecule has 5 amide bonds. The largest absolute Gasteiger partial charge is 0.493 e. The van der Waals surface area contributed by atoms with Gasteiger partial charge in [0.1, 0.15) is 24.7 Å². The van der Waals surface area contributed by atoms with Gasteiger partial charge >= 0.3 is 6.03 Å². The zero-order chi connectivity index (χ0) is 36.5. The summed E-state index contributed by atoms with van der Waals surface area (Å²) >= 11 is 0. The summed E-state index contributed by atoms with van der Waals surface area (Å²) in [5.74, 6) is -0.173. The first kappa shape index (κ1) is 36.1. The molecule has 2 heterocycles. The average molecular weight is 691 g/mol. The summed E-state index contributed by atoms with van der Waals surface area (Å²) in [5.41, 5.74) is 2.94. The van der Waals surface area contributed by atoms with Crippen molar-refractivity contribution in [2.24, 2.45) is 0 Å². The molecular formula is C38H42N8O5. The third-order valence-corrected chi connectivity index (χ3v) is 8.10. The van der Waals surface area contributed by atoms with E-state index in [0.29, 0.717) is 36.0 Å². The highest BCUT2D eigenvalue weighted by Gasteiger charge is 2.24. The summed E-state index contributed by atoms with van der Waals surface area (Å²) < 4.78 is 7.73. The molecule has 0 atom stereocenters. The number of carbonyl (C=O) groups is 4. The fourth-order valence-electron chi connectivity index (χ4n) is 5.27. The Morgan fingerprint density at radius 3 is 2.14 bits per heavy atom. The van der Waals surface area contributed by atoms with Crippen molar-refractivity contribution in [3.05, 3.63) is 108 Å². The number of pyridine rings is 1. The van der Waals surface area contributed by atoms with Crippen molar-refractivity contribution in [2.45, 2.75) is 32.6 Å². The normalized spacial score (nSPS) is 11.1. The number of carbonyl (C=O) groups excluding carboxylic acids is 4. The van der Waals surface area contributed by atoms with Crippen molar-refractivity contribution in [2.75, 3.05) is 44.4 Å². The zero-order valence-corrected chi connectivity index (χ0v) is 29.3. The van der Waals surface area contributed by atoms with Crippen molar-refractivity contribution in [1.82, 2.24) is 30.3 Å². The SMILES string of the molecule is CNC(=O)CN(CC(=O)NC)C(=O)c1ccc(-n2nc(C(C)(C)C)cc2NC(=O)Nc2ccc(OCCc3cccnc3)c3ccccc23)cc1. The van der Waals surface area contributed by atoms with Crippen LogP contribution in [-0.2, 0) is 21.4 Å². The summed E-state index contributed by atoms with van der Waals surface area (Å²) in [4.78, 5) is 56.3. The van der Waals surface area contributed by atoms with Crippen LogP contribution in [0.25, 0.3) is 16.5 Å². The number of urea groups is 1. The molecule has 2 aromatic heterocycles. The van der Waals surface area contributed by atoms with Crippen LogP contribution in [0.1, 0.15) is 42.4 Å². The lowest BCUT2D eigenvalue weighted by atomic mass is 9.92. The van der Waals surface area contributed by atoms with Gasteiger partial charge in [0, 0.05) is 60.7 Å². The van der Waals surface area contributed by atoms with Crippen LogP contribution in [0.2, 0.25) is 0 Å². The first-order valence-corrected chi connectivity index (χ1v) is 16.5. The molecule has 0 aliphatic heterocycles. The molecule has 0 unspecified atom stereocenters. The standard InChI is InChI=1S/C38H42N8O5/c1-38(2,3)32-21-33(46(44-32)27-14-12-26(13-15-27)36(49)45(23-34(47)39-4)24-35(48)40-5)43-37(50)42-30-16-17-31(29-11-7-6-10-28(29)30)51-20-18-25-9-8-19-41-22-25/h6-17,19,21-22H,18,20,23-24H2,1-5H3,(H,39,47)(H,40,48)(H2,42,43,50). The van der Waals surface area contributed by atoms with Gasteiger partial charge in [-0.05, 0) is 48.0 Å². The molecule has 4 N–H and O–H groups in total. The van der Waals surface area contributed by atoms with Gasteiger partial charge in [-0.2, -0.15) is 5.10 Å². The van der Waals surface area contributed by atoms with Crippen molar-refractivity contribution >= 4 is 46.0 Å². The lowest BCUT2D eigenvalue weighted by Crippen LogP contribution is -2.44. The minimum Gasteiger partial charge on any atom is -0.493 e. The first-order valence-electron chi connectivity index (χ1n) is 16.5. The lowest BCUT2D eigenvalue weighted by Gasteiger charge is -2.21. The quantitative estimate of drug-likeness (QED) is 0.145. The van der Waals surface area contributed by atoms with Gasteiger partial charge in [0.25, 0.3) is 5.91 Å². The average Bonchev–Trinajstić information content (AvgIpc) is 3.56. The Morgan fingerprint density at radius 1 is 0.824 bits per heavy atom. The number of hydrogen-bond acceptors (Lipinski definition) is 7. The van der Waals surface area contributed by atoms with Gasteiger partial charge in [-0.3, -0.25) is 24.7 Å². The van der Waals surface area contributed by atoms with E-state index in [4.69, 9.17) is 9.84 Å². The molecule has 0 spiro atoms. The molecule has 51 heavy (non-hydrogen) atoms. The van der Waals surface area contributed by atoms with Crippen LogP contribution in [0, 0.1) is 0 Å². The number of ether oxygens (including phenoxy) is 1. The van der Waals surface area contributed by atoms with Crippen molar-refractivity contribution < 1.29 is 23.9 Å². The van der Waals surface area contributed by atoms with E-state index < -0.39 is 23.8 Å². The number of amides is 5. The predicted molar refractivity (Wildman–Crippen MR) is 196 cm³/mol. The summed E-state index contributed by atoms with van der Waals surface area (Å²) in [6.07, 6.45) is 4.27. The third-order valence-electron chi connectivity index (χ3n) is 8.10. The number of aromatic nitrogens is 3. The summed E-state index contributed by atoms with van der Waals surface area (Å²) in [6, 6.07) is 23.2. The van der Waals surface area contributed by atoms with Crippen molar-refractivity contribution in [3.8, 4) is 11.4 Å². The second-order valence-corrected chi connectivity index (χ2v) is 12.8. The van der Waals surface area contributed by atoms with Crippen LogP contribution in [-0.4, -0.2) is 77.2 Å². The van der Waals surface area contributed by atoms with Crippen LogP contribution in [0.3, 0.4) is 0 Å². The second kappa shape index (κ2) is 16.0. The molecule has 0 saturated carbocycles. The molecule has 0 aliphatic carbocycles. The fraction of sp³-hybridized carbons (Fsp3) is 0.263. The monoisotopic (exact) mass is 690 g/mol. The minimum absolute atomic E-state index is 0.276. The van der Waals surface area contributed by atoms with E-state index in [1.165, 1.54) is 19.0 Å². The molecule has 264 valence electrons. The van der Waals surface area contributed by atoms with E-state index in [1.807, 2.05) is 81.6 Å². The van der Waals surface area contributed by atoms with Crippen LogP contribution in [0.15, 0.2) is 91.3 Å². The molecule has 13 nitrogen and oxygen atoms in total. The minimum atomic E-state index is -0.487. The molecule has 5 aromatic rings. The van der Waals surface area contributed by atoms with Crippen LogP contribution in [0.4, 0.5) is 16.3 Å². The summed E-state index contributed by atoms with van der Waals surface area (Å²) in [6.45, 7) is 5.97. The van der Waals surface area contributed by atoms with E-state index >= 15 is 0 Å². The lowest BCUT2D eigenvalue weighted by molar-refractivity contribution is -0.123. The third kappa shape index (κ3) is 9.06.